The zero-order valence-corrected chi connectivity index (χ0v) is 12.0. The molecule has 0 amide bonds. The maximum absolute atomic E-state index is 12.5. The van der Waals surface area contributed by atoms with Crippen molar-refractivity contribution in [1.29, 1.82) is 0 Å². The molecule has 0 saturated heterocycles. The van der Waals surface area contributed by atoms with E-state index in [0.29, 0.717) is 17.3 Å². The summed E-state index contributed by atoms with van der Waals surface area (Å²) in [7, 11) is 0. The fourth-order valence-corrected chi connectivity index (χ4v) is 3.20. The van der Waals surface area contributed by atoms with Gasteiger partial charge in [0.15, 0.2) is 0 Å². The van der Waals surface area contributed by atoms with Crippen molar-refractivity contribution in [3.05, 3.63) is 86.7 Å². The summed E-state index contributed by atoms with van der Waals surface area (Å²) in [5.41, 5.74) is 9.84. The molecule has 3 N–H and O–H groups in total. The van der Waals surface area contributed by atoms with Gasteiger partial charge < -0.3 is 10.7 Å². The van der Waals surface area contributed by atoms with Crippen LogP contribution in [0, 0.1) is 5.92 Å². The Morgan fingerprint density at radius 3 is 2.95 bits per heavy atom. The van der Waals surface area contributed by atoms with Crippen molar-refractivity contribution >= 4 is 17.3 Å². The second kappa shape index (κ2) is 4.88. The third kappa shape index (κ3) is 1.94. The fourth-order valence-electron chi connectivity index (χ4n) is 3.20. The molecule has 3 nitrogen and oxygen atoms in total. The highest BCUT2D eigenvalue weighted by molar-refractivity contribution is 5.71. The predicted molar refractivity (Wildman–Crippen MR) is 90.0 cm³/mol. The second-order valence-corrected chi connectivity index (χ2v) is 5.68. The smallest absolute Gasteiger partial charge is 0.256 e. The maximum Gasteiger partial charge on any atom is 0.256 e. The molecule has 3 heteroatoms. The molecule has 1 aromatic heterocycles. The quantitative estimate of drug-likeness (QED) is 0.755. The van der Waals surface area contributed by atoms with E-state index in [2.05, 4.69) is 23.2 Å². The zero-order valence-electron chi connectivity index (χ0n) is 12.0. The van der Waals surface area contributed by atoms with Crippen LogP contribution in [0.1, 0.15) is 12.0 Å². The summed E-state index contributed by atoms with van der Waals surface area (Å²) in [4.78, 5) is 15.5. The Morgan fingerprint density at radius 1 is 1.14 bits per heavy atom. The molecule has 1 atom stereocenters. The third-order valence-corrected chi connectivity index (χ3v) is 4.30. The molecule has 22 heavy (non-hydrogen) atoms. The average Bonchev–Trinajstić information content (AvgIpc) is 2.55. The lowest BCUT2D eigenvalue weighted by molar-refractivity contribution is 0.994. The molecule has 0 radical (unpaired) electrons. The zero-order chi connectivity index (χ0) is 15.1. The van der Waals surface area contributed by atoms with Gasteiger partial charge in [0.2, 0.25) is 0 Å². The van der Waals surface area contributed by atoms with Crippen molar-refractivity contribution in [2.45, 2.75) is 6.42 Å². The van der Waals surface area contributed by atoms with E-state index < -0.39 is 0 Å². The summed E-state index contributed by atoms with van der Waals surface area (Å²) in [5.74, 6) is 0.142. The third-order valence-electron chi connectivity index (χ3n) is 4.30. The molecule has 3 aliphatic rings. The first-order chi connectivity index (χ1) is 10.7. The number of rotatable bonds is 0. The number of nitrogens with one attached hydrogen (secondary N) is 1. The predicted octanol–water partition coefficient (Wildman–Crippen LogP) is 1.25. The Labute approximate surface area is 127 Å². The minimum absolute atomic E-state index is 0.0825. The van der Waals surface area contributed by atoms with Gasteiger partial charge in [0.05, 0.1) is 5.35 Å². The molecular weight excluding hydrogens is 272 g/mol. The summed E-state index contributed by atoms with van der Waals surface area (Å²) in [5, 5.41) is 1.47. The van der Waals surface area contributed by atoms with Crippen LogP contribution in [-0.4, -0.2) is 4.98 Å². The van der Waals surface area contributed by atoms with Crippen molar-refractivity contribution in [3.8, 4) is 0 Å². The van der Waals surface area contributed by atoms with Crippen LogP contribution in [0.2, 0.25) is 0 Å². The Kier molecular flexibility index (Phi) is 2.86. The standard InChI is InChI=1S/C19H16N2O/c20-17-10-4-7-13-11-16(19(22)21-18(13)17)15-9-3-6-12-5-1-2-8-14(12)15/h1-9,11,14H,10,20H2,(H,21,22). The summed E-state index contributed by atoms with van der Waals surface area (Å²) in [6.45, 7) is 0. The van der Waals surface area contributed by atoms with Gasteiger partial charge in [-0.25, -0.2) is 0 Å². The number of aromatic nitrogens is 1. The highest BCUT2D eigenvalue weighted by atomic mass is 16.1. The van der Waals surface area contributed by atoms with Crippen molar-refractivity contribution in [1.82, 2.24) is 4.98 Å². The highest BCUT2D eigenvalue weighted by Gasteiger charge is 2.19. The van der Waals surface area contributed by atoms with Gasteiger partial charge in [0.25, 0.3) is 5.56 Å². The molecule has 3 aliphatic carbocycles. The SMILES string of the molecule is NC1=c2[nH]c(=O)c(=C3C=CC=C4C=CC=CC43)cc2C=CC1. The Morgan fingerprint density at radius 2 is 2.05 bits per heavy atom. The van der Waals surface area contributed by atoms with Crippen LogP contribution in [-0.2, 0) is 0 Å². The number of hydrogen-bond donors (Lipinski definition) is 2. The lowest BCUT2D eigenvalue weighted by Crippen LogP contribution is -2.39. The Balaban J connectivity index is 2.03. The van der Waals surface area contributed by atoms with Crippen LogP contribution in [0.3, 0.4) is 0 Å². The van der Waals surface area contributed by atoms with Crippen molar-refractivity contribution in [3.63, 3.8) is 0 Å². The highest BCUT2D eigenvalue weighted by Crippen LogP contribution is 2.30. The molecule has 0 fully saturated rings. The summed E-state index contributed by atoms with van der Waals surface area (Å²) in [6, 6.07) is 1.95. The van der Waals surface area contributed by atoms with E-state index in [1.807, 2.05) is 42.5 Å². The van der Waals surface area contributed by atoms with E-state index in [9.17, 15) is 4.79 Å². The number of fused-ring (bicyclic) bond motifs is 2. The molecule has 0 saturated carbocycles. The minimum Gasteiger partial charge on any atom is -0.400 e. The van der Waals surface area contributed by atoms with E-state index in [-0.39, 0.29) is 11.5 Å². The van der Waals surface area contributed by atoms with Gasteiger partial charge in [0, 0.05) is 28.8 Å². The van der Waals surface area contributed by atoms with Crippen LogP contribution >= 0.6 is 0 Å². The first-order valence-corrected chi connectivity index (χ1v) is 7.40. The van der Waals surface area contributed by atoms with Crippen molar-refractivity contribution in [2.24, 2.45) is 11.7 Å². The van der Waals surface area contributed by atoms with E-state index in [1.54, 1.807) is 0 Å². The fraction of sp³-hybridized carbons (Fsp3) is 0.105. The van der Waals surface area contributed by atoms with E-state index >= 15 is 0 Å². The average molecular weight is 288 g/mol. The Bertz CT molecular complexity index is 981. The molecule has 1 aromatic rings. The molecule has 4 rings (SSSR count). The van der Waals surface area contributed by atoms with Gasteiger partial charge in [-0.15, -0.1) is 0 Å². The molecule has 1 unspecified atom stereocenters. The van der Waals surface area contributed by atoms with Crippen LogP contribution in [0.15, 0.2) is 65.0 Å². The van der Waals surface area contributed by atoms with E-state index in [1.165, 1.54) is 5.57 Å². The number of H-pyrrole nitrogens is 1. The molecule has 0 aliphatic heterocycles. The van der Waals surface area contributed by atoms with Crippen molar-refractivity contribution < 1.29 is 0 Å². The van der Waals surface area contributed by atoms with Gasteiger partial charge in [-0.1, -0.05) is 54.7 Å². The Hall–Kier alpha value is -2.81. The molecule has 0 spiro atoms. The molecule has 0 aromatic carbocycles. The van der Waals surface area contributed by atoms with Crippen LogP contribution in [0.5, 0.6) is 0 Å². The van der Waals surface area contributed by atoms with Crippen LogP contribution < -0.4 is 21.9 Å². The summed E-state index contributed by atoms with van der Waals surface area (Å²) in [6.07, 6.45) is 19.1. The lowest BCUT2D eigenvalue weighted by Gasteiger charge is -2.21. The van der Waals surface area contributed by atoms with Crippen LogP contribution in [0.25, 0.3) is 17.3 Å². The summed E-state index contributed by atoms with van der Waals surface area (Å²) < 4.78 is 0. The topological polar surface area (TPSA) is 58.9 Å². The van der Waals surface area contributed by atoms with E-state index in [0.717, 1.165) is 16.5 Å². The summed E-state index contributed by atoms with van der Waals surface area (Å²) >= 11 is 0. The van der Waals surface area contributed by atoms with Gasteiger partial charge >= 0.3 is 0 Å². The van der Waals surface area contributed by atoms with Gasteiger partial charge in [-0.3, -0.25) is 4.79 Å². The number of hydrogen-bond acceptors (Lipinski definition) is 2. The minimum atomic E-state index is -0.0825. The maximum atomic E-state index is 12.5. The van der Waals surface area contributed by atoms with E-state index in [4.69, 9.17) is 5.73 Å². The number of pyridine rings is 1. The lowest BCUT2D eigenvalue weighted by atomic mass is 9.83. The van der Waals surface area contributed by atoms with Crippen molar-refractivity contribution in [2.75, 3.05) is 0 Å². The molecule has 108 valence electrons. The van der Waals surface area contributed by atoms with Crippen LogP contribution in [0.4, 0.5) is 0 Å². The number of aromatic amines is 1. The monoisotopic (exact) mass is 288 g/mol. The first-order valence-electron chi connectivity index (χ1n) is 7.40. The van der Waals surface area contributed by atoms with Gasteiger partial charge in [-0.05, 0) is 17.2 Å². The second-order valence-electron chi connectivity index (χ2n) is 5.68. The van der Waals surface area contributed by atoms with Gasteiger partial charge in [-0.2, -0.15) is 0 Å². The first kappa shape index (κ1) is 12.9. The number of nitrogens with two attached hydrogens (primary N) is 1. The van der Waals surface area contributed by atoms with Gasteiger partial charge in [0.1, 0.15) is 0 Å². The normalized spacial score (nSPS) is 24.1. The number of allylic oxidation sites excluding steroid dienone is 8. The largest absolute Gasteiger partial charge is 0.400 e. The molecular formula is C19H16N2O. The molecule has 1 heterocycles. The molecule has 0 bridgehead atoms.